The maximum absolute atomic E-state index is 10.9. The molecule has 0 fully saturated rings. The molecule has 0 aliphatic carbocycles. The van der Waals surface area contributed by atoms with Crippen molar-refractivity contribution in [2.24, 2.45) is 5.73 Å². The smallest absolute Gasteiger partial charge is 0.306 e. The number of rotatable bonds is 9. The number of benzene rings is 1. The van der Waals surface area contributed by atoms with Crippen molar-refractivity contribution < 1.29 is 12.6 Å². The van der Waals surface area contributed by atoms with Crippen LogP contribution in [0, 0.1) is 0 Å². The Morgan fingerprint density at radius 2 is 1.74 bits per heavy atom. The van der Waals surface area contributed by atoms with Crippen LogP contribution in [-0.2, 0) is 16.7 Å². The van der Waals surface area contributed by atoms with E-state index in [1.165, 1.54) is 0 Å². The molecule has 4 N–H and O–H groups in total. The van der Waals surface area contributed by atoms with Crippen molar-refractivity contribution in [3.05, 3.63) is 29.8 Å². The van der Waals surface area contributed by atoms with E-state index < -0.39 is 10.1 Å². The Labute approximate surface area is 114 Å². The Morgan fingerprint density at radius 3 is 2.32 bits per heavy atom. The van der Waals surface area contributed by atoms with E-state index in [0.717, 1.165) is 38.0 Å². The summed E-state index contributed by atoms with van der Waals surface area (Å²) in [5.41, 5.74) is 6.42. The van der Waals surface area contributed by atoms with Crippen LogP contribution >= 0.6 is 0 Å². The zero-order chi connectivity index (χ0) is 14.1. The normalized spacial score (nSPS) is 11.5. The fraction of sp³-hybridized carbons (Fsp3) is 0.500. The number of hydrogen-bond acceptors (Lipinski definition) is 6. The van der Waals surface area contributed by atoms with Crippen molar-refractivity contribution in [1.29, 1.82) is 0 Å². The van der Waals surface area contributed by atoms with Crippen molar-refractivity contribution in [2.75, 3.05) is 32.4 Å². The molecular weight excluding hydrogens is 266 g/mol. The Balaban J connectivity index is 2.28. The molecule has 1 aromatic carbocycles. The van der Waals surface area contributed by atoms with E-state index in [-0.39, 0.29) is 0 Å². The minimum Gasteiger partial charge on any atom is -0.383 e. The summed E-state index contributed by atoms with van der Waals surface area (Å²) >= 11 is 0. The van der Waals surface area contributed by atoms with Gasteiger partial charge in [0.1, 0.15) is 5.75 Å². The van der Waals surface area contributed by atoms with Crippen LogP contribution in [0.15, 0.2) is 24.3 Å². The Bertz CT molecular complexity index is 460. The van der Waals surface area contributed by atoms with Crippen LogP contribution in [0.1, 0.15) is 5.56 Å². The molecule has 0 saturated heterocycles. The summed E-state index contributed by atoms with van der Waals surface area (Å²) < 4.78 is 26.6. The lowest BCUT2D eigenvalue weighted by molar-refractivity contribution is 0.493. The zero-order valence-corrected chi connectivity index (χ0v) is 11.9. The van der Waals surface area contributed by atoms with Crippen LogP contribution in [0.3, 0.4) is 0 Å². The summed E-state index contributed by atoms with van der Waals surface area (Å²) in [5.74, 6) is 0.330. The van der Waals surface area contributed by atoms with E-state index in [2.05, 4.69) is 10.6 Å². The molecule has 0 aromatic heterocycles. The lowest BCUT2D eigenvalue weighted by Gasteiger charge is -2.07. The van der Waals surface area contributed by atoms with E-state index in [4.69, 9.17) is 9.92 Å². The van der Waals surface area contributed by atoms with Gasteiger partial charge in [-0.1, -0.05) is 12.1 Å². The SMILES string of the molecule is CS(=O)(=O)Oc1ccc(CNCCNCCN)cc1. The molecule has 0 heterocycles. The van der Waals surface area contributed by atoms with Crippen LogP contribution in [0.2, 0.25) is 0 Å². The Hall–Kier alpha value is -1.15. The second kappa shape index (κ2) is 8.11. The molecule has 0 saturated carbocycles. The second-order valence-corrected chi connectivity index (χ2v) is 5.72. The molecule has 0 atom stereocenters. The average molecular weight is 287 g/mol. The van der Waals surface area contributed by atoms with Crippen molar-refractivity contribution in [1.82, 2.24) is 10.6 Å². The maximum Gasteiger partial charge on any atom is 0.306 e. The fourth-order valence-corrected chi connectivity index (χ4v) is 1.93. The van der Waals surface area contributed by atoms with Crippen molar-refractivity contribution >= 4 is 10.1 Å². The third kappa shape index (κ3) is 7.78. The van der Waals surface area contributed by atoms with Gasteiger partial charge in [0, 0.05) is 32.7 Å². The molecule has 1 aromatic rings. The number of nitrogens with two attached hydrogens (primary N) is 1. The molecule has 1 rings (SSSR count). The topological polar surface area (TPSA) is 93.5 Å². The minimum absolute atomic E-state index is 0.330. The van der Waals surface area contributed by atoms with Gasteiger partial charge in [0.25, 0.3) is 0 Å². The number of nitrogens with one attached hydrogen (secondary N) is 2. The summed E-state index contributed by atoms with van der Waals surface area (Å²) in [7, 11) is -3.45. The van der Waals surface area contributed by atoms with Gasteiger partial charge < -0.3 is 20.6 Å². The van der Waals surface area contributed by atoms with E-state index >= 15 is 0 Å². The lowest BCUT2D eigenvalue weighted by Crippen LogP contribution is -2.30. The highest BCUT2D eigenvalue weighted by Gasteiger charge is 2.03. The first-order valence-electron chi connectivity index (χ1n) is 6.11. The van der Waals surface area contributed by atoms with Gasteiger partial charge in [0.05, 0.1) is 6.26 Å². The van der Waals surface area contributed by atoms with Gasteiger partial charge >= 0.3 is 10.1 Å². The van der Waals surface area contributed by atoms with E-state index in [1.54, 1.807) is 12.1 Å². The predicted molar refractivity (Wildman–Crippen MR) is 75.5 cm³/mol. The largest absolute Gasteiger partial charge is 0.383 e. The van der Waals surface area contributed by atoms with Crippen LogP contribution in [0.4, 0.5) is 0 Å². The van der Waals surface area contributed by atoms with E-state index in [0.29, 0.717) is 12.3 Å². The molecule has 7 heteroatoms. The molecule has 6 nitrogen and oxygen atoms in total. The quantitative estimate of drug-likeness (QED) is 0.425. The van der Waals surface area contributed by atoms with Gasteiger partial charge in [0.15, 0.2) is 0 Å². The molecule has 0 amide bonds. The van der Waals surface area contributed by atoms with Crippen LogP contribution in [0.5, 0.6) is 5.75 Å². The summed E-state index contributed by atoms with van der Waals surface area (Å²) in [6.07, 6.45) is 1.02. The van der Waals surface area contributed by atoms with E-state index in [9.17, 15) is 8.42 Å². The maximum atomic E-state index is 10.9. The average Bonchev–Trinajstić information content (AvgIpc) is 2.34. The van der Waals surface area contributed by atoms with Gasteiger partial charge in [-0.15, -0.1) is 0 Å². The predicted octanol–water partition coefficient (Wildman–Crippen LogP) is -0.337. The summed E-state index contributed by atoms with van der Waals surface area (Å²) in [5, 5.41) is 6.45. The molecule has 0 bridgehead atoms. The van der Waals surface area contributed by atoms with Crippen molar-refractivity contribution in [3.8, 4) is 5.75 Å². The third-order valence-corrected chi connectivity index (χ3v) is 2.79. The van der Waals surface area contributed by atoms with Gasteiger partial charge in [0.2, 0.25) is 0 Å². The fourth-order valence-electron chi connectivity index (χ4n) is 1.47. The van der Waals surface area contributed by atoms with Crippen LogP contribution in [-0.4, -0.2) is 40.9 Å². The van der Waals surface area contributed by atoms with Crippen molar-refractivity contribution in [3.63, 3.8) is 0 Å². The molecule has 0 aliphatic rings. The summed E-state index contributed by atoms with van der Waals surface area (Å²) in [4.78, 5) is 0. The van der Waals surface area contributed by atoms with Gasteiger partial charge in [-0.25, -0.2) is 0 Å². The van der Waals surface area contributed by atoms with E-state index in [1.807, 2.05) is 12.1 Å². The summed E-state index contributed by atoms with van der Waals surface area (Å²) in [6.45, 7) is 3.90. The molecule has 0 unspecified atom stereocenters. The first-order valence-corrected chi connectivity index (χ1v) is 7.93. The van der Waals surface area contributed by atoms with Gasteiger partial charge in [-0.2, -0.15) is 8.42 Å². The lowest BCUT2D eigenvalue weighted by atomic mass is 10.2. The second-order valence-electron chi connectivity index (χ2n) is 4.15. The molecule has 0 aliphatic heterocycles. The molecule has 0 spiro atoms. The highest BCUT2D eigenvalue weighted by molar-refractivity contribution is 7.86. The highest BCUT2D eigenvalue weighted by Crippen LogP contribution is 2.13. The molecule has 108 valence electrons. The minimum atomic E-state index is -3.45. The number of hydrogen-bond donors (Lipinski definition) is 3. The molecule has 0 radical (unpaired) electrons. The first-order chi connectivity index (χ1) is 9.01. The van der Waals surface area contributed by atoms with Crippen molar-refractivity contribution in [2.45, 2.75) is 6.54 Å². The standard InChI is InChI=1S/C12H21N3O3S/c1-19(16,17)18-12-4-2-11(3-5-12)10-15-9-8-14-7-6-13/h2-5,14-15H,6-10,13H2,1H3. The third-order valence-electron chi connectivity index (χ3n) is 2.30. The molecular formula is C12H21N3O3S. The van der Waals surface area contributed by atoms with Gasteiger partial charge in [-0.3, -0.25) is 0 Å². The van der Waals surface area contributed by atoms with Crippen LogP contribution in [0.25, 0.3) is 0 Å². The van der Waals surface area contributed by atoms with Crippen LogP contribution < -0.4 is 20.6 Å². The monoisotopic (exact) mass is 287 g/mol. The Morgan fingerprint density at radius 1 is 1.11 bits per heavy atom. The van der Waals surface area contributed by atoms with Gasteiger partial charge in [-0.05, 0) is 17.7 Å². The first kappa shape index (κ1) is 15.9. The Kier molecular flexibility index (Phi) is 6.79. The highest BCUT2D eigenvalue weighted by atomic mass is 32.2. The zero-order valence-electron chi connectivity index (χ0n) is 11.1. The summed E-state index contributed by atoms with van der Waals surface area (Å²) in [6, 6.07) is 6.96. The molecule has 19 heavy (non-hydrogen) atoms.